The summed E-state index contributed by atoms with van der Waals surface area (Å²) in [7, 11) is 0. The summed E-state index contributed by atoms with van der Waals surface area (Å²) in [5, 5.41) is 11.3. The number of rotatable bonds is 7. The van der Waals surface area contributed by atoms with Crippen LogP contribution in [0.25, 0.3) is 0 Å². The largest absolute Gasteiger partial charge is 0.480 e. The molecular formula is C13H16N2O3. The van der Waals surface area contributed by atoms with E-state index in [-0.39, 0.29) is 18.7 Å². The van der Waals surface area contributed by atoms with Gasteiger partial charge in [0.2, 0.25) is 5.91 Å². The molecule has 2 N–H and O–H groups in total. The smallest absolute Gasteiger partial charge is 0.326 e. The van der Waals surface area contributed by atoms with Crippen LogP contribution in [0.1, 0.15) is 18.4 Å². The molecule has 5 nitrogen and oxygen atoms in total. The van der Waals surface area contributed by atoms with E-state index < -0.39 is 12.0 Å². The van der Waals surface area contributed by atoms with Gasteiger partial charge in [0.05, 0.1) is 0 Å². The average Bonchev–Trinajstić information content (AvgIpc) is 2.37. The molecule has 0 bridgehead atoms. The van der Waals surface area contributed by atoms with Gasteiger partial charge in [0.15, 0.2) is 0 Å². The first-order chi connectivity index (χ1) is 8.63. The Bertz CT molecular complexity index is 418. The van der Waals surface area contributed by atoms with Crippen LogP contribution < -0.4 is 5.32 Å². The lowest BCUT2D eigenvalue weighted by Gasteiger charge is -2.12. The number of carbonyl (C=O) groups excluding carboxylic acids is 1. The lowest BCUT2D eigenvalue weighted by Crippen LogP contribution is -2.40. The Morgan fingerprint density at radius 1 is 1.56 bits per heavy atom. The summed E-state index contributed by atoms with van der Waals surface area (Å²) in [5.41, 5.74) is 0.947. The maximum Gasteiger partial charge on any atom is 0.326 e. The molecule has 18 heavy (non-hydrogen) atoms. The van der Waals surface area contributed by atoms with Crippen molar-refractivity contribution in [2.24, 2.45) is 0 Å². The Hall–Kier alpha value is -2.17. The summed E-state index contributed by atoms with van der Waals surface area (Å²) in [6, 6.07) is 2.77. The van der Waals surface area contributed by atoms with Gasteiger partial charge in [-0.15, -0.1) is 6.58 Å². The molecule has 1 aromatic rings. The highest BCUT2D eigenvalue weighted by molar-refractivity contribution is 5.83. The Balaban J connectivity index is 2.41. The van der Waals surface area contributed by atoms with Crippen LogP contribution >= 0.6 is 0 Å². The number of hydrogen-bond donors (Lipinski definition) is 2. The van der Waals surface area contributed by atoms with Crippen molar-refractivity contribution in [3.05, 3.63) is 42.7 Å². The van der Waals surface area contributed by atoms with Gasteiger partial charge in [-0.25, -0.2) is 4.79 Å². The molecule has 5 heteroatoms. The lowest BCUT2D eigenvalue weighted by atomic mass is 10.1. The number of carbonyl (C=O) groups is 2. The molecule has 1 atom stereocenters. The monoisotopic (exact) mass is 248 g/mol. The third-order valence-corrected chi connectivity index (χ3v) is 2.40. The number of aryl methyl sites for hydroxylation is 1. The zero-order valence-corrected chi connectivity index (χ0v) is 10.0. The van der Waals surface area contributed by atoms with Gasteiger partial charge in [-0.05, 0) is 24.5 Å². The number of carboxylic acids is 1. The fourth-order valence-electron chi connectivity index (χ4n) is 1.46. The highest BCUT2D eigenvalue weighted by Gasteiger charge is 2.17. The zero-order chi connectivity index (χ0) is 13.4. The molecule has 1 unspecified atom stereocenters. The van der Waals surface area contributed by atoms with Crippen molar-refractivity contribution in [2.45, 2.75) is 25.3 Å². The van der Waals surface area contributed by atoms with Crippen molar-refractivity contribution in [2.75, 3.05) is 0 Å². The summed E-state index contributed by atoms with van der Waals surface area (Å²) in [5.74, 6) is -1.34. The summed E-state index contributed by atoms with van der Waals surface area (Å²) >= 11 is 0. The molecular weight excluding hydrogens is 232 g/mol. The van der Waals surface area contributed by atoms with Crippen LogP contribution in [-0.2, 0) is 16.0 Å². The standard InChI is InChI=1S/C13H16N2O3/c1-2-4-11(13(17)18)15-12(16)7-6-10-5-3-8-14-9-10/h2-3,5,8-9,11H,1,4,6-7H2,(H,15,16)(H,17,18). The Labute approximate surface area is 106 Å². The lowest BCUT2D eigenvalue weighted by molar-refractivity contribution is -0.141. The summed E-state index contributed by atoms with van der Waals surface area (Å²) in [4.78, 5) is 26.3. The molecule has 0 saturated carbocycles. The van der Waals surface area contributed by atoms with E-state index >= 15 is 0 Å². The molecule has 1 amide bonds. The first kappa shape index (κ1) is 13.9. The van der Waals surface area contributed by atoms with E-state index in [0.29, 0.717) is 6.42 Å². The van der Waals surface area contributed by atoms with Gasteiger partial charge in [-0.3, -0.25) is 9.78 Å². The minimum atomic E-state index is -1.05. The normalized spacial score (nSPS) is 11.6. The summed E-state index contributed by atoms with van der Waals surface area (Å²) < 4.78 is 0. The maximum absolute atomic E-state index is 11.6. The fraction of sp³-hybridized carbons (Fsp3) is 0.308. The predicted octanol–water partition coefficient (Wildman–Crippen LogP) is 1.16. The van der Waals surface area contributed by atoms with Crippen molar-refractivity contribution in [1.29, 1.82) is 0 Å². The van der Waals surface area contributed by atoms with E-state index in [1.807, 2.05) is 6.07 Å². The number of aromatic nitrogens is 1. The quantitative estimate of drug-likeness (QED) is 0.710. The van der Waals surface area contributed by atoms with Crippen LogP contribution in [-0.4, -0.2) is 28.0 Å². The number of amides is 1. The molecule has 1 aromatic heterocycles. The fourth-order valence-corrected chi connectivity index (χ4v) is 1.46. The molecule has 1 rings (SSSR count). The first-order valence-corrected chi connectivity index (χ1v) is 5.65. The third-order valence-electron chi connectivity index (χ3n) is 2.40. The SMILES string of the molecule is C=CCC(NC(=O)CCc1cccnc1)C(=O)O. The predicted molar refractivity (Wildman–Crippen MR) is 66.9 cm³/mol. The average molecular weight is 248 g/mol. The van der Waals surface area contributed by atoms with E-state index in [9.17, 15) is 9.59 Å². The molecule has 0 spiro atoms. The van der Waals surface area contributed by atoms with Crippen LogP contribution in [0.5, 0.6) is 0 Å². The van der Waals surface area contributed by atoms with E-state index in [0.717, 1.165) is 5.56 Å². The zero-order valence-electron chi connectivity index (χ0n) is 10.0. The highest BCUT2D eigenvalue weighted by atomic mass is 16.4. The second kappa shape index (κ2) is 7.21. The molecule has 0 aliphatic carbocycles. The van der Waals surface area contributed by atoms with Gasteiger partial charge < -0.3 is 10.4 Å². The minimum Gasteiger partial charge on any atom is -0.480 e. The van der Waals surface area contributed by atoms with Gasteiger partial charge in [-0.2, -0.15) is 0 Å². The van der Waals surface area contributed by atoms with Crippen LogP contribution in [0.3, 0.4) is 0 Å². The number of nitrogens with zero attached hydrogens (tertiary/aromatic N) is 1. The molecule has 0 fully saturated rings. The van der Waals surface area contributed by atoms with Crippen molar-refractivity contribution < 1.29 is 14.7 Å². The van der Waals surface area contributed by atoms with E-state index in [1.54, 1.807) is 18.5 Å². The van der Waals surface area contributed by atoms with Gasteiger partial charge in [-0.1, -0.05) is 12.1 Å². The minimum absolute atomic E-state index is 0.216. The maximum atomic E-state index is 11.6. The molecule has 0 saturated heterocycles. The number of hydrogen-bond acceptors (Lipinski definition) is 3. The number of pyridine rings is 1. The van der Waals surface area contributed by atoms with E-state index in [4.69, 9.17) is 5.11 Å². The molecule has 0 radical (unpaired) electrons. The van der Waals surface area contributed by atoms with Crippen LogP contribution in [0.2, 0.25) is 0 Å². The van der Waals surface area contributed by atoms with Crippen molar-refractivity contribution >= 4 is 11.9 Å². The van der Waals surface area contributed by atoms with Crippen LogP contribution in [0, 0.1) is 0 Å². The van der Waals surface area contributed by atoms with Crippen LogP contribution in [0.4, 0.5) is 0 Å². The van der Waals surface area contributed by atoms with E-state index in [1.165, 1.54) is 6.08 Å². The molecule has 1 heterocycles. The highest BCUT2D eigenvalue weighted by Crippen LogP contribution is 2.01. The summed E-state index contributed by atoms with van der Waals surface area (Å²) in [6.07, 6.45) is 5.82. The van der Waals surface area contributed by atoms with Gasteiger partial charge in [0.25, 0.3) is 0 Å². The second-order valence-electron chi connectivity index (χ2n) is 3.84. The Morgan fingerprint density at radius 2 is 2.33 bits per heavy atom. The van der Waals surface area contributed by atoms with Gasteiger partial charge >= 0.3 is 5.97 Å². The second-order valence-corrected chi connectivity index (χ2v) is 3.84. The molecule has 0 aromatic carbocycles. The topological polar surface area (TPSA) is 79.3 Å². The van der Waals surface area contributed by atoms with Gasteiger partial charge in [0.1, 0.15) is 6.04 Å². The van der Waals surface area contributed by atoms with Crippen LogP contribution in [0.15, 0.2) is 37.2 Å². The van der Waals surface area contributed by atoms with Gasteiger partial charge in [0, 0.05) is 18.8 Å². The number of aliphatic carboxylic acids is 1. The Morgan fingerprint density at radius 3 is 2.89 bits per heavy atom. The summed E-state index contributed by atoms with van der Waals surface area (Å²) in [6.45, 7) is 3.46. The van der Waals surface area contributed by atoms with Crippen molar-refractivity contribution in [3.8, 4) is 0 Å². The van der Waals surface area contributed by atoms with E-state index in [2.05, 4.69) is 16.9 Å². The number of carboxylic acid groups (broad SMARTS) is 1. The molecule has 0 aliphatic rings. The molecule has 96 valence electrons. The van der Waals surface area contributed by atoms with Crippen molar-refractivity contribution in [3.63, 3.8) is 0 Å². The number of nitrogens with one attached hydrogen (secondary N) is 1. The van der Waals surface area contributed by atoms with Crippen molar-refractivity contribution in [1.82, 2.24) is 10.3 Å². The third kappa shape index (κ3) is 4.78. The molecule has 0 aliphatic heterocycles. The first-order valence-electron chi connectivity index (χ1n) is 5.65. The Kier molecular flexibility index (Phi) is 5.57.